The molecule has 4 heteroatoms. The second kappa shape index (κ2) is 3.45. The SMILES string of the molecule is Cc1nn(C)c2c1C(=O)c1ccccc1OC2. The molecule has 1 aliphatic heterocycles. The van der Waals surface area contributed by atoms with Crippen LogP contribution in [0.5, 0.6) is 5.75 Å². The highest BCUT2D eigenvalue weighted by Crippen LogP contribution is 2.29. The minimum atomic E-state index is -0.00120. The van der Waals surface area contributed by atoms with Crippen molar-refractivity contribution in [1.29, 1.82) is 0 Å². The molecular weight excluding hydrogens is 216 g/mol. The second-order valence-corrected chi connectivity index (χ2v) is 4.14. The van der Waals surface area contributed by atoms with E-state index in [1.807, 2.05) is 32.2 Å². The number of aryl methyl sites for hydroxylation is 2. The summed E-state index contributed by atoms with van der Waals surface area (Å²) in [5, 5.41) is 4.27. The smallest absolute Gasteiger partial charge is 0.200 e. The Bertz CT molecular complexity index is 614. The molecule has 2 aromatic rings. The summed E-state index contributed by atoms with van der Waals surface area (Å²) < 4.78 is 7.37. The van der Waals surface area contributed by atoms with Gasteiger partial charge in [0.05, 0.1) is 22.5 Å². The molecule has 0 aliphatic carbocycles. The molecule has 2 heterocycles. The Hall–Kier alpha value is -2.10. The first kappa shape index (κ1) is 10.1. The van der Waals surface area contributed by atoms with Crippen molar-refractivity contribution < 1.29 is 9.53 Å². The number of benzene rings is 1. The molecule has 4 nitrogen and oxygen atoms in total. The Morgan fingerprint density at radius 2 is 2.12 bits per heavy atom. The molecule has 86 valence electrons. The Labute approximate surface area is 98.8 Å². The molecule has 1 aromatic heterocycles. The van der Waals surface area contributed by atoms with Crippen molar-refractivity contribution in [3.05, 3.63) is 46.8 Å². The largest absolute Gasteiger partial charge is 0.487 e. The fraction of sp³-hybridized carbons (Fsp3) is 0.231. The fourth-order valence-electron chi connectivity index (χ4n) is 2.23. The zero-order valence-electron chi connectivity index (χ0n) is 9.73. The summed E-state index contributed by atoms with van der Waals surface area (Å²) in [6.45, 7) is 2.24. The molecule has 0 saturated heterocycles. The van der Waals surface area contributed by atoms with Crippen molar-refractivity contribution in [3.8, 4) is 5.75 Å². The van der Waals surface area contributed by atoms with Crippen LogP contribution in [0.4, 0.5) is 0 Å². The molecule has 0 bridgehead atoms. The number of para-hydroxylation sites is 1. The number of fused-ring (bicyclic) bond motifs is 2. The molecule has 0 saturated carbocycles. The summed E-state index contributed by atoms with van der Waals surface area (Å²) in [5.41, 5.74) is 2.89. The first-order valence-corrected chi connectivity index (χ1v) is 5.47. The van der Waals surface area contributed by atoms with Gasteiger partial charge in [0.2, 0.25) is 5.78 Å². The Morgan fingerprint density at radius 1 is 1.35 bits per heavy atom. The first-order chi connectivity index (χ1) is 8.18. The number of ether oxygens (including phenoxy) is 1. The van der Waals surface area contributed by atoms with Gasteiger partial charge < -0.3 is 4.74 Å². The lowest BCUT2D eigenvalue weighted by Crippen LogP contribution is -2.04. The monoisotopic (exact) mass is 228 g/mol. The van der Waals surface area contributed by atoms with E-state index in [1.165, 1.54) is 0 Å². The molecule has 3 rings (SSSR count). The van der Waals surface area contributed by atoms with Crippen LogP contribution in [-0.4, -0.2) is 15.6 Å². The van der Waals surface area contributed by atoms with Gasteiger partial charge in [-0.2, -0.15) is 5.10 Å². The predicted molar refractivity (Wildman–Crippen MR) is 62.2 cm³/mol. The van der Waals surface area contributed by atoms with Crippen molar-refractivity contribution >= 4 is 5.78 Å². The minimum Gasteiger partial charge on any atom is -0.487 e. The molecular formula is C13H12N2O2. The van der Waals surface area contributed by atoms with E-state index in [0.717, 1.165) is 11.4 Å². The van der Waals surface area contributed by atoms with Gasteiger partial charge in [0.15, 0.2) is 0 Å². The Morgan fingerprint density at radius 3 is 2.94 bits per heavy atom. The van der Waals surface area contributed by atoms with Crippen LogP contribution in [0, 0.1) is 6.92 Å². The van der Waals surface area contributed by atoms with Crippen molar-refractivity contribution in [2.75, 3.05) is 0 Å². The molecule has 1 aromatic carbocycles. The van der Waals surface area contributed by atoms with E-state index in [9.17, 15) is 4.79 Å². The maximum atomic E-state index is 12.4. The number of carbonyl (C=O) groups excluding carboxylic acids is 1. The van der Waals surface area contributed by atoms with Crippen LogP contribution in [0.15, 0.2) is 24.3 Å². The molecule has 0 N–H and O–H groups in total. The lowest BCUT2D eigenvalue weighted by molar-refractivity contribution is 0.103. The van der Waals surface area contributed by atoms with E-state index in [0.29, 0.717) is 23.5 Å². The quantitative estimate of drug-likeness (QED) is 0.691. The van der Waals surface area contributed by atoms with E-state index < -0.39 is 0 Å². The van der Waals surface area contributed by atoms with Crippen LogP contribution >= 0.6 is 0 Å². The van der Waals surface area contributed by atoms with Gasteiger partial charge in [-0.1, -0.05) is 12.1 Å². The Balaban J connectivity index is 2.26. The highest BCUT2D eigenvalue weighted by Gasteiger charge is 2.27. The van der Waals surface area contributed by atoms with Crippen LogP contribution in [-0.2, 0) is 13.7 Å². The third kappa shape index (κ3) is 1.37. The number of hydrogen-bond acceptors (Lipinski definition) is 3. The maximum Gasteiger partial charge on any atom is 0.200 e. The second-order valence-electron chi connectivity index (χ2n) is 4.14. The van der Waals surface area contributed by atoms with Gasteiger partial charge in [-0.25, -0.2) is 0 Å². The van der Waals surface area contributed by atoms with E-state index in [-0.39, 0.29) is 5.78 Å². The molecule has 1 aliphatic rings. The molecule has 17 heavy (non-hydrogen) atoms. The van der Waals surface area contributed by atoms with Gasteiger partial charge in [0.25, 0.3) is 0 Å². The standard InChI is InChI=1S/C13H12N2O2/c1-8-12-10(15(2)14-8)7-17-11-6-4-3-5-9(11)13(12)16/h3-6H,7H2,1-2H3. The summed E-state index contributed by atoms with van der Waals surface area (Å²) in [7, 11) is 1.83. The van der Waals surface area contributed by atoms with Gasteiger partial charge in [-0.3, -0.25) is 9.48 Å². The molecule has 0 unspecified atom stereocenters. The first-order valence-electron chi connectivity index (χ1n) is 5.47. The number of ketones is 1. The van der Waals surface area contributed by atoms with Gasteiger partial charge in [0.1, 0.15) is 12.4 Å². The third-order valence-electron chi connectivity index (χ3n) is 3.06. The minimum absolute atomic E-state index is 0.00120. The third-order valence-corrected chi connectivity index (χ3v) is 3.06. The van der Waals surface area contributed by atoms with Gasteiger partial charge in [-0.05, 0) is 19.1 Å². The summed E-state index contributed by atoms with van der Waals surface area (Å²) in [6.07, 6.45) is 0. The van der Waals surface area contributed by atoms with Gasteiger partial charge in [-0.15, -0.1) is 0 Å². The van der Waals surface area contributed by atoms with Crippen LogP contribution in [0.2, 0.25) is 0 Å². The number of aromatic nitrogens is 2. The molecule has 0 spiro atoms. The van der Waals surface area contributed by atoms with Crippen LogP contribution in [0.3, 0.4) is 0 Å². The summed E-state index contributed by atoms with van der Waals surface area (Å²) >= 11 is 0. The highest BCUT2D eigenvalue weighted by atomic mass is 16.5. The van der Waals surface area contributed by atoms with Crippen LogP contribution < -0.4 is 4.74 Å². The van der Waals surface area contributed by atoms with Gasteiger partial charge >= 0.3 is 0 Å². The lowest BCUT2D eigenvalue weighted by atomic mass is 10.0. The average Bonchev–Trinajstić information content (AvgIpc) is 2.51. The van der Waals surface area contributed by atoms with E-state index in [4.69, 9.17) is 4.74 Å². The van der Waals surface area contributed by atoms with Crippen molar-refractivity contribution in [3.63, 3.8) is 0 Å². The topological polar surface area (TPSA) is 44.1 Å². The lowest BCUT2D eigenvalue weighted by Gasteiger charge is -2.05. The Kier molecular flexibility index (Phi) is 2.04. The zero-order valence-corrected chi connectivity index (χ0v) is 9.73. The van der Waals surface area contributed by atoms with Crippen molar-refractivity contribution in [1.82, 2.24) is 9.78 Å². The number of carbonyl (C=O) groups is 1. The van der Waals surface area contributed by atoms with Crippen molar-refractivity contribution in [2.45, 2.75) is 13.5 Å². The maximum absolute atomic E-state index is 12.4. The molecule has 0 atom stereocenters. The van der Waals surface area contributed by atoms with E-state index in [1.54, 1.807) is 10.7 Å². The normalized spacial score (nSPS) is 13.6. The number of nitrogens with zero attached hydrogens (tertiary/aromatic N) is 2. The average molecular weight is 228 g/mol. The molecule has 0 radical (unpaired) electrons. The molecule has 0 fully saturated rings. The highest BCUT2D eigenvalue weighted by molar-refractivity contribution is 6.12. The summed E-state index contributed by atoms with van der Waals surface area (Å²) in [6, 6.07) is 7.32. The van der Waals surface area contributed by atoms with Crippen molar-refractivity contribution in [2.24, 2.45) is 7.05 Å². The van der Waals surface area contributed by atoms with Crippen LogP contribution in [0.1, 0.15) is 27.3 Å². The predicted octanol–water partition coefficient (Wildman–Crippen LogP) is 1.85. The van der Waals surface area contributed by atoms with E-state index >= 15 is 0 Å². The van der Waals surface area contributed by atoms with Crippen LogP contribution in [0.25, 0.3) is 0 Å². The summed E-state index contributed by atoms with van der Waals surface area (Å²) in [4.78, 5) is 12.4. The number of rotatable bonds is 0. The van der Waals surface area contributed by atoms with Gasteiger partial charge in [0, 0.05) is 7.05 Å². The number of hydrogen-bond donors (Lipinski definition) is 0. The molecule has 0 amide bonds. The van der Waals surface area contributed by atoms with E-state index in [2.05, 4.69) is 5.10 Å². The fourth-order valence-corrected chi connectivity index (χ4v) is 2.23. The summed E-state index contributed by atoms with van der Waals surface area (Å²) in [5.74, 6) is 0.645. The zero-order chi connectivity index (χ0) is 12.0.